The van der Waals surface area contributed by atoms with Crippen LogP contribution in [0.15, 0.2) is 42.5 Å². The van der Waals surface area contributed by atoms with E-state index < -0.39 is 0 Å². The number of rotatable bonds is 7. The lowest BCUT2D eigenvalue weighted by molar-refractivity contribution is -0.110. The van der Waals surface area contributed by atoms with Crippen LogP contribution < -0.4 is 0 Å². The summed E-state index contributed by atoms with van der Waals surface area (Å²) in [6.45, 7) is 4.21. The normalized spacial score (nSPS) is 12.8. The van der Waals surface area contributed by atoms with E-state index >= 15 is 0 Å². The molecule has 2 heteroatoms. The van der Waals surface area contributed by atoms with E-state index in [9.17, 15) is 4.79 Å². The maximum atomic E-state index is 11.3. The molecule has 1 nitrogen and oxygen atoms in total. The summed E-state index contributed by atoms with van der Waals surface area (Å²) in [4.78, 5) is 11.3. The van der Waals surface area contributed by atoms with E-state index in [1.807, 2.05) is 19.1 Å². The summed E-state index contributed by atoms with van der Waals surface area (Å²) >= 11 is 1.40. The Morgan fingerprint density at radius 3 is 2.72 bits per heavy atom. The molecule has 1 rings (SSSR count). The van der Waals surface area contributed by atoms with E-state index in [1.54, 1.807) is 0 Å². The van der Waals surface area contributed by atoms with E-state index in [4.69, 9.17) is 0 Å². The van der Waals surface area contributed by atoms with Crippen LogP contribution in [-0.2, 0) is 11.2 Å². The third-order valence-electron chi connectivity index (χ3n) is 2.79. The van der Waals surface area contributed by atoms with E-state index in [0.29, 0.717) is 12.3 Å². The van der Waals surface area contributed by atoms with Crippen molar-refractivity contribution < 1.29 is 4.79 Å². The molecule has 0 aliphatic carbocycles. The number of hydrogen-bond donors (Lipinski definition) is 0. The number of aryl methyl sites for hydroxylation is 1. The highest BCUT2D eigenvalue weighted by atomic mass is 32.2. The SMILES string of the molecule is CCSC(=O)C/C=C/[C@@H](C)CCc1ccccc1. The number of benzene rings is 1. The van der Waals surface area contributed by atoms with Gasteiger partial charge in [-0.15, -0.1) is 0 Å². The molecule has 0 heterocycles. The molecular formula is C16H22OS. The van der Waals surface area contributed by atoms with Gasteiger partial charge in [0, 0.05) is 6.42 Å². The predicted molar refractivity (Wildman–Crippen MR) is 80.8 cm³/mol. The first-order chi connectivity index (χ1) is 8.72. The van der Waals surface area contributed by atoms with Crippen LogP contribution >= 0.6 is 11.8 Å². The fourth-order valence-corrected chi connectivity index (χ4v) is 2.29. The van der Waals surface area contributed by atoms with Gasteiger partial charge in [0.05, 0.1) is 0 Å². The highest BCUT2D eigenvalue weighted by molar-refractivity contribution is 8.13. The fraction of sp³-hybridized carbons (Fsp3) is 0.438. The van der Waals surface area contributed by atoms with Crippen LogP contribution in [0.4, 0.5) is 0 Å². The van der Waals surface area contributed by atoms with Crippen molar-refractivity contribution in [2.45, 2.75) is 33.1 Å². The lowest BCUT2D eigenvalue weighted by Gasteiger charge is -2.06. The molecule has 1 aromatic rings. The molecule has 1 aromatic carbocycles. The van der Waals surface area contributed by atoms with E-state index in [2.05, 4.69) is 37.3 Å². The van der Waals surface area contributed by atoms with Crippen LogP contribution in [0.1, 0.15) is 32.3 Å². The van der Waals surface area contributed by atoms with Crippen molar-refractivity contribution in [2.24, 2.45) is 5.92 Å². The molecule has 0 aliphatic rings. The van der Waals surface area contributed by atoms with Crippen molar-refractivity contribution in [3.8, 4) is 0 Å². The Kier molecular flexibility index (Phi) is 7.51. The Morgan fingerprint density at radius 1 is 1.33 bits per heavy atom. The Labute approximate surface area is 115 Å². The van der Waals surface area contributed by atoms with E-state index in [1.165, 1.54) is 17.3 Å². The van der Waals surface area contributed by atoms with Gasteiger partial charge in [0.15, 0.2) is 5.12 Å². The molecule has 0 aromatic heterocycles. The van der Waals surface area contributed by atoms with Gasteiger partial charge in [-0.05, 0) is 30.1 Å². The summed E-state index contributed by atoms with van der Waals surface area (Å²) in [7, 11) is 0. The lowest BCUT2D eigenvalue weighted by Crippen LogP contribution is -1.95. The zero-order chi connectivity index (χ0) is 13.2. The molecule has 0 unspecified atom stereocenters. The second kappa shape index (κ2) is 8.98. The molecule has 0 radical (unpaired) electrons. The average molecular weight is 262 g/mol. The van der Waals surface area contributed by atoms with Crippen molar-refractivity contribution in [1.29, 1.82) is 0 Å². The molecule has 0 saturated carbocycles. The van der Waals surface area contributed by atoms with Gasteiger partial charge in [-0.25, -0.2) is 0 Å². The van der Waals surface area contributed by atoms with Crippen molar-refractivity contribution >= 4 is 16.9 Å². The maximum Gasteiger partial charge on any atom is 0.192 e. The monoisotopic (exact) mass is 262 g/mol. The van der Waals surface area contributed by atoms with Crippen LogP contribution in [0, 0.1) is 5.92 Å². The summed E-state index contributed by atoms with van der Waals surface area (Å²) < 4.78 is 0. The third-order valence-corrected chi connectivity index (χ3v) is 3.56. The minimum atomic E-state index is 0.268. The van der Waals surface area contributed by atoms with Crippen LogP contribution in [0.5, 0.6) is 0 Å². The quantitative estimate of drug-likeness (QED) is 0.674. The highest BCUT2D eigenvalue weighted by Gasteiger charge is 2.00. The summed E-state index contributed by atoms with van der Waals surface area (Å²) in [5.41, 5.74) is 1.38. The number of hydrogen-bond acceptors (Lipinski definition) is 2. The van der Waals surface area contributed by atoms with Crippen molar-refractivity contribution in [1.82, 2.24) is 0 Å². The minimum Gasteiger partial charge on any atom is -0.287 e. The van der Waals surface area contributed by atoms with Gasteiger partial charge in [-0.3, -0.25) is 4.79 Å². The summed E-state index contributed by atoms with van der Waals surface area (Å²) in [6, 6.07) is 10.5. The highest BCUT2D eigenvalue weighted by Crippen LogP contribution is 2.12. The van der Waals surface area contributed by atoms with E-state index in [-0.39, 0.29) is 5.12 Å². The summed E-state index contributed by atoms with van der Waals surface area (Å²) in [6.07, 6.45) is 6.98. The van der Waals surface area contributed by atoms with Crippen LogP contribution in [0.25, 0.3) is 0 Å². The molecule has 18 heavy (non-hydrogen) atoms. The summed E-state index contributed by atoms with van der Waals surface area (Å²) in [5.74, 6) is 1.40. The molecule has 0 aliphatic heterocycles. The first-order valence-electron chi connectivity index (χ1n) is 6.58. The Balaban J connectivity index is 2.23. The van der Waals surface area contributed by atoms with Crippen molar-refractivity contribution in [3.63, 3.8) is 0 Å². The minimum absolute atomic E-state index is 0.268. The Hall–Kier alpha value is -1.02. The number of carbonyl (C=O) groups is 1. The van der Waals surface area contributed by atoms with Gasteiger partial charge in [0.1, 0.15) is 0 Å². The molecule has 0 bridgehead atoms. The van der Waals surface area contributed by atoms with Gasteiger partial charge in [0.2, 0.25) is 0 Å². The molecule has 0 saturated heterocycles. The molecule has 98 valence electrons. The maximum absolute atomic E-state index is 11.3. The topological polar surface area (TPSA) is 17.1 Å². The van der Waals surface area contributed by atoms with Gasteiger partial charge < -0.3 is 0 Å². The smallest absolute Gasteiger partial charge is 0.192 e. The summed E-state index contributed by atoms with van der Waals surface area (Å²) in [5, 5.41) is 0.268. The molecule has 1 atom stereocenters. The van der Waals surface area contributed by atoms with Crippen molar-refractivity contribution in [3.05, 3.63) is 48.0 Å². The predicted octanol–water partition coefficient (Wildman–Crippen LogP) is 4.48. The largest absolute Gasteiger partial charge is 0.287 e. The second-order valence-corrected chi connectivity index (χ2v) is 5.76. The van der Waals surface area contributed by atoms with Gasteiger partial charge in [-0.2, -0.15) is 0 Å². The number of carbonyl (C=O) groups excluding carboxylic acids is 1. The molecule has 0 spiro atoms. The van der Waals surface area contributed by atoms with Gasteiger partial charge >= 0.3 is 0 Å². The standard InChI is InChI=1S/C16H22OS/c1-3-18-16(17)11-7-8-14(2)12-13-15-9-5-4-6-10-15/h4-10,14H,3,11-13H2,1-2H3/b8-7+/t14-/m1/s1. The van der Waals surface area contributed by atoms with Crippen molar-refractivity contribution in [2.75, 3.05) is 5.75 Å². The molecular weight excluding hydrogens is 240 g/mol. The Morgan fingerprint density at radius 2 is 2.06 bits per heavy atom. The third kappa shape index (κ3) is 6.65. The lowest BCUT2D eigenvalue weighted by atomic mass is 10.0. The van der Waals surface area contributed by atoms with E-state index in [0.717, 1.165) is 18.6 Å². The van der Waals surface area contributed by atoms with Crippen LogP contribution in [-0.4, -0.2) is 10.9 Å². The average Bonchev–Trinajstić information content (AvgIpc) is 2.38. The number of thioether (sulfide) groups is 1. The fourth-order valence-electron chi connectivity index (χ4n) is 1.75. The zero-order valence-corrected chi connectivity index (χ0v) is 12.1. The van der Waals surface area contributed by atoms with Gasteiger partial charge in [-0.1, -0.05) is 68.1 Å². The second-order valence-electron chi connectivity index (χ2n) is 4.44. The van der Waals surface area contributed by atoms with Crippen LogP contribution in [0.3, 0.4) is 0 Å². The first kappa shape index (κ1) is 15.0. The Bertz CT molecular complexity index is 370. The molecule has 0 N–H and O–H groups in total. The number of allylic oxidation sites excluding steroid dienone is 2. The van der Waals surface area contributed by atoms with Gasteiger partial charge in [0.25, 0.3) is 0 Å². The van der Waals surface area contributed by atoms with Crippen LogP contribution in [0.2, 0.25) is 0 Å². The molecule has 0 fully saturated rings. The molecule has 0 amide bonds. The first-order valence-corrected chi connectivity index (χ1v) is 7.57. The zero-order valence-electron chi connectivity index (χ0n) is 11.3.